The number of nitriles is 2. The molecule has 0 spiro atoms. The summed E-state index contributed by atoms with van der Waals surface area (Å²) >= 11 is 0. The van der Waals surface area contributed by atoms with Crippen molar-refractivity contribution in [1.29, 1.82) is 10.5 Å². The quantitative estimate of drug-likeness (QED) is 0.155. The van der Waals surface area contributed by atoms with Gasteiger partial charge < -0.3 is 18.6 Å². The maximum atomic E-state index is 13.7. The summed E-state index contributed by atoms with van der Waals surface area (Å²) < 4.78 is 95.7. The van der Waals surface area contributed by atoms with E-state index < -0.39 is 23.5 Å². The number of alkyl halides is 6. The third-order valence-corrected chi connectivity index (χ3v) is 11.9. The van der Waals surface area contributed by atoms with Gasteiger partial charge in [0.2, 0.25) is 0 Å². The average molecular weight is 879 g/mol. The zero-order valence-corrected chi connectivity index (χ0v) is 34.0. The Balaban J connectivity index is 1.12. The van der Waals surface area contributed by atoms with Crippen LogP contribution < -0.4 is 9.80 Å². The van der Waals surface area contributed by atoms with Crippen LogP contribution in [0.4, 0.5) is 60.5 Å². The molecule has 0 aliphatic heterocycles. The van der Waals surface area contributed by atoms with Crippen molar-refractivity contribution in [2.75, 3.05) is 9.80 Å². The molecule has 0 amide bonds. The van der Waals surface area contributed by atoms with Gasteiger partial charge >= 0.3 is 12.4 Å². The second-order valence-electron chi connectivity index (χ2n) is 15.8. The lowest BCUT2D eigenvalue weighted by molar-refractivity contribution is -0.138. The molecule has 2 heterocycles. The van der Waals surface area contributed by atoms with Crippen LogP contribution in [0.15, 0.2) is 179 Å². The number of halogens is 6. The van der Waals surface area contributed by atoms with Crippen molar-refractivity contribution in [3.05, 3.63) is 192 Å². The van der Waals surface area contributed by atoms with Crippen molar-refractivity contribution < 1.29 is 35.2 Å². The molecular weight excluding hydrogens is 851 g/mol. The molecule has 0 N–H and O–H groups in total. The minimum Gasteiger partial charge on any atom is -0.456 e. The first kappa shape index (κ1) is 40.1. The SMILES string of the molecule is N#Cc1ccc(N(c2ccc(C(F)(F)F)cc2)c2cc3oc4cc5c(cc4c3c3ccccc23)oc2cc(N(c3ccc(C#N)cc3)c3ccc(C(F)(F)F)cc3)c3ccccc3c25)cc1. The molecule has 2 aromatic heterocycles. The Hall–Kier alpha value is -8.74. The Bertz CT molecular complexity index is 3550. The van der Waals surface area contributed by atoms with Crippen LogP contribution in [0.25, 0.3) is 65.4 Å². The Morgan fingerprint density at radius 1 is 0.364 bits per heavy atom. The largest absolute Gasteiger partial charge is 0.456 e. The average Bonchev–Trinajstić information content (AvgIpc) is 3.88. The van der Waals surface area contributed by atoms with Gasteiger partial charge in [-0.2, -0.15) is 36.9 Å². The van der Waals surface area contributed by atoms with E-state index >= 15 is 0 Å². The fourth-order valence-corrected chi connectivity index (χ4v) is 8.93. The normalized spacial score (nSPS) is 12.1. The zero-order valence-electron chi connectivity index (χ0n) is 34.0. The molecule has 0 fully saturated rings. The third-order valence-electron chi connectivity index (χ3n) is 11.9. The molecule has 9 aromatic carbocycles. The molecule has 11 rings (SSSR count). The van der Waals surface area contributed by atoms with Gasteiger partial charge in [-0.05, 0) is 120 Å². The summed E-state index contributed by atoms with van der Waals surface area (Å²) in [6, 6.07) is 50.6. The van der Waals surface area contributed by atoms with Gasteiger partial charge in [0.1, 0.15) is 22.3 Å². The maximum absolute atomic E-state index is 13.7. The fourth-order valence-electron chi connectivity index (χ4n) is 8.93. The van der Waals surface area contributed by atoms with Crippen molar-refractivity contribution in [2.45, 2.75) is 12.4 Å². The van der Waals surface area contributed by atoms with Crippen LogP contribution >= 0.6 is 0 Å². The minimum atomic E-state index is -4.53. The molecule has 0 aliphatic rings. The third kappa shape index (κ3) is 6.58. The van der Waals surface area contributed by atoms with Crippen LogP contribution in [0.1, 0.15) is 22.3 Å². The van der Waals surface area contributed by atoms with E-state index in [0.29, 0.717) is 67.6 Å². The summed E-state index contributed by atoms with van der Waals surface area (Å²) in [5.41, 5.74) is 4.83. The van der Waals surface area contributed by atoms with Crippen LogP contribution in [-0.2, 0) is 12.4 Å². The predicted octanol–water partition coefficient (Wildman–Crippen LogP) is 16.5. The van der Waals surface area contributed by atoms with Gasteiger partial charge in [0.15, 0.2) is 0 Å². The maximum Gasteiger partial charge on any atom is 0.416 e. The Kier molecular flexibility index (Phi) is 9.06. The topological polar surface area (TPSA) is 80.3 Å². The fraction of sp³-hybridized carbons (Fsp3) is 0.0370. The summed E-state index contributed by atoms with van der Waals surface area (Å²) in [7, 11) is 0. The second-order valence-corrected chi connectivity index (χ2v) is 15.8. The highest BCUT2D eigenvalue weighted by molar-refractivity contribution is 6.28. The van der Waals surface area contributed by atoms with Gasteiger partial charge in [-0.3, -0.25) is 0 Å². The number of anilines is 6. The zero-order chi connectivity index (χ0) is 45.5. The lowest BCUT2D eigenvalue weighted by Gasteiger charge is -2.27. The van der Waals surface area contributed by atoms with Crippen molar-refractivity contribution in [3.63, 3.8) is 0 Å². The van der Waals surface area contributed by atoms with Crippen molar-refractivity contribution in [2.24, 2.45) is 0 Å². The first-order valence-corrected chi connectivity index (χ1v) is 20.5. The molecule has 0 unspecified atom stereocenters. The summed E-state index contributed by atoms with van der Waals surface area (Å²) in [6.45, 7) is 0. The molecule has 12 heteroatoms. The van der Waals surface area contributed by atoms with Gasteiger partial charge in [-0.15, -0.1) is 0 Å². The van der Waals surface area contributed by atoms with Crippen LogP contribution in [0.2, 0.25) is 0 Å². The van der Waals surface area contributed by atoms with E-state index in [0.717, 1.165) is 67.4 Å². The lowest BCUT2D eigenvalue weighted by Crippen LogP contribution is -2.11. The molecule has 0 saturated heterocycles. The van der Waals surface area contributed by atoms with E-state index in [9.17, 15) is 36.9 Å². The van der Waals surface area contributed by atoms with E-state index in [1.807, 2.05) is 82.6 Å². The molecule has 0 atom stereocenters. The molecule has 0 aliphatic carbocycles. The molecule has 11 aromatic rings. The molecule has 66 heavy (non-hydrogen) atoms. The molecule has 318 valence electrons. The molecule has 0 radical (unpaired) electrons. The monoisotopic (exact) mass is 878 g/mol. The minimum absolute atomic E-state index is 0.423. The highest BCUT2D eigenvalue weighted by Gasteiger charge is 2.32. The summed E-state index contributed by atoms with van der Waals surface area (Å²) in [6.07, 6.45) is -9.06. The number of nitrogens with zero attached hydrogens (tertiary/aromatic N) is 4. The van der Waals surface area contributed by atoms with E-state index in [1.165, 1.54) is 24.3 Å². The standard InChI is InChI=1S/C54H28F6N4O2/c55-53(56,57)33-13-21-37(22-14-33)63(35-17-9-31(29-61)10-18-35)45-27-49-51(41-7-3-1-5-39(41)45)43-25-48-44(26-47(43)65-49)52-42-8-4-2-6-40(42)46(28-50(52)66-48)64(36-19-11-32(30-62)12-20-36)38-23-15-34(16-24-38)54(58,59)60/h1-28H. The molecular formula is C54H28F6N4O2. The Labute approximate surface area is 370 Å². The van der Waals surface area contributed by atoms with Gasteiger partial charge in [0.05, 0.1) is 45.8 Å². The second kappa shape index (κ2) is 14.9. The highest BCUT2D eigenvalue weighted by Crippen LogP contribution is 2.49. The van der Waals surface area contributed by atoms with Crippen LogP contribution in [0, 0.1) is 22.7 Å². The van der Waals surface area contributed by atoms with Crippen molar-refractivity contribution >= 4 is 99.5 Å². The Morgan fingerprint density at radius 2 is 0.682 bits per heavy atom. The number of hydrogen-bond donors (Lipinski definition) is 0. The van der Waals surface area contributed by atoms with E-state index in [1.54, 1.807) is 48.5 Å². The van der Waals surface area contributed by atoms with Gasteiger partial charge in [-0.25, -0.2) is 0 Å². The first-order valence-electron chi connectivity index (χ1n) is 20.5. The Morgan fingerprint density at radius 3 is 1.00 bits per heavy atom. The van der Waals surface area contributed by atoms with Crippen LogP contribution in [0.5, 0.6) is 0 Å². The van der Waals surface area contributed by atoms with Crippen molar-refractivity contribution in [3.8, 4) is 12.1 Å². The molecule has 6 nitrogen and oxygen atoms in total. The lowest BCUT2D eigenvalue weighted by atomic mass is 9.98. The number of benzene rings is 9. The summed E-state index contributed by atoms with van der Waals surface area (Å²) in [4.78, 5) is 3.68. The number of furan rings is 2. The number of fused-ring (bicyclic) bond motifs is 10. The number of hydrogen-bond acceptors (Lipinski definition) is 6. The van der Waals surface area contributed by atoms with Gasteiger partial charge in [0, 0.05) is 67.2 Å². The van der Waals surface area contributed by atoms with Crippen molar-refractivity contribution in [1.82, 2.24) is 0 Å². The van der Waals surface area contributed by atoms with Crippen LogP contribution in [0.3, 0.4) is 0 Å². The van der Waals surface area contributed by atoms with Gasteiger partial charge in [0.25, 0.3) is 0 Å². The van der Waals surface area contributed by atoms with E-state index in [4.69, 9.17) is 8.83 Å². The predicted molar refractivity (Wildman–Crippen MR) is 245 cm³/mol. The first-order chi connectivity index (χ1) is 31.9. The summed E-state index contributed by atoms with van der Waals surface area (Å²) in [5, 5.41) is 25.4. The number of rotatable bonds is 6. The molecule has 0 bridgehead atoms. The van der Waals surface area contributed by atoms with E-state index in [-0.39, 0.29) is 0 Å². The smallest absolute Gasteiger partial charge is 0.416 e. The molecule has 0 saturated carbocycles. The van der Waals surface area contributed by atoms with Gasteiger partial charge in [-0.1, -0.05) is 48.5 Å². The van der Waals surface area contributed by atoms with Crippen LogP contribution in [-0.4, -0.2) is 0 Å². The van der Waals surface area contributed by atoms with E-state index in [2.05, 4.69) is 12.1 Å². The highest BCUT2D eigenvalue weighted by atomic mass is 19.4. The summed E-state index contributed by atoms with van der Waals surface area (Å²) in [5.74, 6) is 0.